The Labute approximate surface area is 188 Å². The molecule has 0 aliphatic rings. The second-order valence-corrected chi connectivity index (χ2v) is 12.4. The van der Waals surface area contributed by atoms with Crippen LogP contribution in [-0.2, 0) is 20.0 Å². The molecule has 0 aliphatic carbocycles. The van der Waals surface area contributed by atoms with Gasteiger partial charge in [-0.05, 0) is 37.5 Å². The number of hydrogen-bond acceptors (Lipinski definition) is 4. The quantitative estimate of drug-likeness (QED) is 0.336. The molecule has 0 aromatic heterocycles. The van der Waals surface area contributed by atoms with Crippen LogP contribution in [0.15, 0.2) is 124 Å². The third kappa shape index (κ3) is 4.38. The van der Waals surface area contributed by atoms with Crippen LogP contribution in [-0.4, -0.2) is 21.4 Å². The molecule has 0 radical (unpaired) electrons. The standard InChI is InChI=1S/C24H19O5PS2/c25-31(26,20-13-5-2-6-14-20)23-17-9-7-15-21(23)30(19-11-3-1-4-12-19)22-16-8-10-18-24(22)32(27,28)29/h1-18H,(H,27,28,29). The molecule has 1 N–H and O–H groups in total. The first-order chi connectivity index (χ1) is 15.3. The molecule has 0 fully saturated rings. The molecule has 0 saturated carbocycles. The summed E-state index contributed by atoms with van der Waals surface area (Å²) < 4.78 is 61.3. The van der Waals surface area contributed by atoms with Crippen molar-refractivity contribution in [3.05, 3.63) is 109 Å². The maximum absolute atomic E-state index is 13.5. The predicted molar refractivity (Wildman–Crippen MR) is 127 cm³/mol. The maximum atomic E-state index is 13.5. The lowest BCUT2D eigenvalue weighted by molar-refractivity contribution is 0.484. The van der Waals surface area contributed by atoms with Crippen molar-refractivity contribution in [2.24, 2.45) is 0 Å². The molecule has 1 atom stereocenters. The summed E-state index contributed by atoms with van der Waals surface area (Å²) in [5, 5.41) is 1.59. The number of rotatable bonds is 6. The maximum Gasteiger partial charge on any atom is 0.295 e. The SMILES string of the molecule is O=S(=O)(O)c1ccccc1P(c1ccccc1)c1ccccc1S(=O)(=O)c1ccccc1. The summed E-state index contributed by atoms with van der Waals surface area (Å²) in [5.41, 5.74) is 0. The van der Waals surface area contributed by atoms with Crippen molar-refractivity contribution in [3.63, 3.8) is 0 Å². The molecule has 0 saturated heterocycles. The van der Waals surface area contributed by atoms with Crippen molar-refractivity contribution in [2.75, 3.05) is 0 Å². The molecule has 0 bridgehead atoms. The van der Waals surface area contributed by atoms with E-state index in [1.807, 2.05) is 30.3 Å². The predicted octanol–water partition coefficient (Wildman–Crippen LogP) is 3.52. The normalized spacial score (nSPS) is 12.9. The third-order valence-corrected chi connectivity index (χ3v) is 10.4. The van der Waals surface area contributed by atoms with E-state index in [4.69, 9.17) is 0 Å². The van der Waals surface area contributed by atoms with Crippen LogP contribution in [0.3, 0.4) is 0 Å². The van der Waals surface area contributed by atoms with Gasteiger partial charge in [0.05, 0.1) is 9.79 Å². The average Bonchev–Trinajstić information content (AvgIpc) is 2.80. The second-order valence-electron chi connectivity index (χ2n) is 6.90. The fraction of sp³-hybridized carbons (Fsp3) is 0. The van der Waals surface area contributed by atoms with E-state index < -0.39 is 27.9 Å². The first-order valence-electron chi connectivity index (χ1n) is 9.61. The summed E-state index contributed by atoms with van der Waals surface area (Å²) in [6.45, 7) is 0. The molecule has 5 nitrogen and oxygen atoms in total. The van der Waals surface area contributed by atoms with Crippen molar-refractivity contribution in [3.8, 4) is 0 Å². The van der Waals surface area contributed by atoms with E-state index in [-0.39, 0.29) is 14.7 Å². The monoisotopic (exact) mass is 482 g/mol. The van der Waals surface area contributed by atoms with Crippen molar-refractivity contribution in [2.45, 2.75) is 14.7 Å². The zero-order chi connectivity index (χ0) is 22.8. The van der Waals surface area contributed by atoms with Crippen LogP contribution in [0.1, 0.15) is 0 Å². The molecule has 0 spiro atoms. The Morgan fingerprint density at radius 3 is 1.53 bits per heavy atom. The summed E-state index contributed by atoms with van der Waals surface area (Å²) in [5.74, 6) is 0. The molecular formula is C24H19O5PS2. The van der Waals surface area contributed by atoms with Gasteiger partial charge in [0.2, 0.25) is 9.84 Å². The van der Waals surface area contributed by atoms with Gasteiger partial charge in [-0.15, -0.1) is 0 Å². The van der Waals surface area contributed by atoms with Gasteiger partial charge in [-0.2, -0.15) is 8.42 Å². The summed E-state index contributed by atoms with van der Waals surface area (Å²) in [6.07, 6.45) is 0. The average molecular weight is 483 g/mol. The first kappa shape index (κ1) is 22.4. The highest BCUT2D eigenvalue weighted by Crippen LogP contribution is 2.38. The van der Waals surface area contributed by atoms with E-state index in [0.717, 1.165) is 5.30 Å². The minimum Gasteiger partial charge on any atom is -0.282 e. The van der Waals surface area contributed by atoms with E-state index in [1.165, 1.54) is 30.3 Å². The third-order valence-electron chi connectivity index (χ3n) is 4.85. The first-order valence-corrected chi connectivity index (χ1v) is 13.9. The molecule has 0 aliphatic heterocycles. The molecular weight excluding hydrogens is 463 g/mol. The molecule has 4 rings (SSSR count). The lowest BCUT2D eigenvalue weighted by atomic mass is 10.3. The second kappa shape index (κ2) is 8.96. The van der Waals surface area contributed by atoms with Crippen LogP contribution in [0.2, 0.25) is 0 Å². The Balaban J connectivity index is 2.04. The van der Waals surface area contributed by atoms with E-state index >= 15 is 0 Å². The van der Waals surface area contributed by atoms with E-state index in [2.05, 4.69) is 0 Å². The Morgan fingerprint density at radius 1 is 0.531 bits per heavy atom. The molecule has 4 aromatic rings. The minimum absolute atomic E-state index is 0.103. The highest BCUT2D eigenvalue weighted by molar-refractivity contribution is 7.93. The Bertz CT molecular complexity index is 1450. The Hall–Kier alpha value is -2.83. The zero-order valence-corrected chi connectivity index (χ0v) is 19.3. The van der Waals surface area contributed by atoms with Crippen molar-refractivity contribution in [1.82, 2.24) is 0 Å². The highest BCUT2D eigenvalue weighted by atomic mass is 32.2. The molecule has 0 heterocycles. The van der Waals surface area contributed by atoms with Gasteiger partial charge in [-0.3, -0.25) is 4.55 Å². The molecule has 4 aromatic carbocycles. The van der Waals surface area contributed by atoms with Gasteiger partial charge in [-0.1, -0.05) is 84.9 Å². The summed E-state index contributed by atoms with van der Waals surface area (Å²) in [6, 6.07) is 30.0. The van der Waals surface area contributed by atoms with Crippen LogP contribution >= 0.6 is 7.92 Å². The van der Waals surface area contributed by atoms with Gasteiger partial charge < -0.3 is 0 Å². The van der Waals surface area contributed by atoms with Gasteiger partial charge in [0.1, 0.15) is 4.90 Å². The highest BCUT2D eigenvalue weighted by Gasteiger charge is 2.30. The summed E-state index contributed by atoms with van der Waals surface area (Å²) >= 11 is 0. The van der Waals surface area contributed by atoms with Crippen molar-refractivity contribution < 1.29 is 21.4 Å². The molecule has 1 unspecified atom stereocenters. The van der Waals surface area contributed by atoms with Crippen molar-refractivity contribution in [1.29, 1.82) is 0 Å². The largest absolute Gasteiger partial charge is 0.295 e. The molecule has 32 heavy (non-hydrogen) atoms. The fourth-order valence-corrected chi connectivity index (χ4v) is 8.99. The number of benzene rings is 4. The van der Waals surface area contributed by atoms with Gasteiger partial charge in [0.25, 0.3) is 10.1 Å². The van der Waals surface area contributed by atoms with Crippen LogP contribution in [0.4, 0.5) is 0 Å². The van der Waals surface area contributed by atoms with Crippen LogP contribution in [0, 0.1) is 0 Å². The van der Waals surface area contributed by atoms with E-state index in [1.54, 1.807) is 48.5 Å². The number of sulfone groups is 1. The lowest BCUT2D eigenvalue weighted by Gasteiger charge is -2.23. The topological polar surface area (TPSA) is 88.5 Å². The van der Waals surface area contributed by atoms with Crippen LogP contribution in [0.5, 0.6) is 0 Å². The van der Waals surface area contributed by atoms with Crippen LogP contribution < -0.4 is 15.9 Å². The Kier molecular flexibility index (Phi) is 6.26. The fourth-order valence-electron chi connectivity index (χ4n) is 3.44. The van der Waals surface area contributed by atoms with Gasteiger partial charge >= 0.3 is 0 Å². The number of hydrogen-bond donors (Lipinski definition) is 1. The smallest absolute Gasteiger partial charge is 0.282 e. The van der Waals surface area contributed by atoms with Crippen LogP contribution in [0.25, 0.3) is 0 Å². The molecule has 8 heteroatoms. The van der Waals surface area contributed by atoms with Gasteiger partial charge in [0, 0.05) is 10.6 Å². The lowest BCUT2D eigenvalue weighted by Crippen LogP contribution is -2.27. The molecule has 0 amide bonds. The minimum atomic E-state index is -4.53. The molecule has 162 valence electrons. The van der Waals surface area contributed by atoms with Crippen molar-refractivity contribution >= 4 is 43.8 Å². The van der Waals surface area contributed by atoms with Gasteiger partial charge in [0.15, 0.2) is 0 Å². The van der Waals surface area contributed by atoms with E-state index in [9.17, 15) is 21.4 Å². The Morgan fingerprint density at radius 2 is 0.969 bits per heavy atom. The summed E-state index contributed by atoms with van der Waals surface area (Å²) in [7, 11) is -10.0. The summed E-state index contributed by atoms with van der Waals surface area (Å²) in [4.78, 5) is 0.0201. The van der Waals surface area contributed by atoms with Gasteiger partial charge in [-0.25, -0.2) is 8.42 Å². The van der Waals surface area contributed by atoms with E-state index in [0.29, 0.717) is 10.6 Å². The zero-order valence-electron chi connectivity index (χ0n) is 16.7.